The molecule has 1 aromatic carbocycles. The van der Waals surface area contributed by atoms with Crippen molar-refractivity contribution in [3.8, 4) is 0 Å². The van der Waals surface area contributed by atoms with Crippen molar-refractivity contribution in [1.82, 2.24) is 4.72 Å². The largest absolute Gasteiger partial charge is 0.294 e. The van der Waals surface area contributed by atoms with Gasteiger partial charge in [0.05, 0.1) is 0 Å². The fourth-order valence-corrected chi connectivity index (χ4v) is 2.67. The van der Waals surface area contributed by atoms with E-state index in [4.69, 9.17) is 16.2 Å². The topological polar surface area (TPSA) is 49.3 Å². The van der Waals surface area contributed by atoms with Gasteiger partial charge in [-0.25, -0.2) is 17.7 Å². The Morgan fingerprint density at radius 2 is 2.25 bits per heavy atom. The molecule has 1 aliphatic rings. The maximum atomic E-state index is 13.6. The molecule has 2 atom stereocenters. The smallest absolute Gasteiger partial charge is 0.272 e. The van der Waals surface area contributed by atoms with Crippen molar-refractivity contribution >= 4 is 22.9 Å². The fraction of sp³-hybridized carbons (Fsp3) is 0.333. The number of nitrogens with one attached hydrogen (secondary N) is 1. The van der Waals surface area contributed by atoms with Crippen LogP contribution in [0.4, 0.5) is 8.78 Å². The Morgan fingerprint density at radius 1 is 1.56 bits per heavy atom. The first-order valence-corrected chi connectivity index (χ1v) is 5.92. The molecule has 0 saturated carbocycles. The van der Waals surface area contributed by atoms with Crippen LogP contribution >= 0.6 is 11.6 Å². The van der Waals surface area contributed by atoms with E-state index < -0.39 is 29.7 Å². The third kappa shape index (κ3) is 1.98. The Balaban J connectivity index is 2.47. The molecule has 0 aliphatic heterocycles. The van der Waals surface area contributed by atoms with Crippen LogP contribution in [0.15, 0.2) is 18.2 Å². The zero-order valence-corrected chi connectivity index (χ0v) is 9.49. The van der Waals surface area contributed by atoms with E-state index in [1.54, 1.807) is 6.07 Å². The van der Waals surface area contributed by atoms with E-state index in [0.717, 1.165) is 0 Å². The molecule has 3 nitrogen and oxygen atoms in total. The van der Waals surface area contributed by atoms with Crippen LogP contribution in [0.3, 0.4) is 0 Å². The zero-order chi connectivity index (χ0) is 11.9. The van der Waals surface area contributed by atoms with Gasteiger partial charge in [0.25, 0.3) is 5.92 Å². The molecule has 2 N–H and O–H groups in total. The van der Waals surface area contributed by atoms with Crippen LogP contribution in [0.25, 0.3) is 0 Å². The van der Waals surface area contributed by atoms with Crippen LogP contribution in [0.1, 0.15) is 17.2 Å². The second kappa shape index (κ2) is 4.03. The van der Waals surface area contributed by atoms with Gasteiger partial charge < -0.3 is 0 Å². The van der Waals surface area contributed by atoms with E-state index in [1.807, 2.05) is 4.72 Å². The number of halogens is 3. The minimum Gasteiger partial charge on any atom is -0.294 e. The normalized spacial score (nSPS) is 24.1. The second-order valence-electron chi connectivity index (χ2n) is 3.55. The van der Waals surface area contributed by atoms with Gasteiger partial charge in [0, 0.05) is 11.4 Å². The Kier molecular flexibility index (Phi) is 3.00. The lowest BCUT2D eigenvalue weighted by molar-refractivity contribution is -0.0188. The van der Waals surface area contributed by atoms with Crippen LogP contribution in [0.2, 0.25) is 5.02 Å². The molecule has 0 aromatic heterocycles. The molecule has 2 rings (SSSR count). The van der Waals surface area contributed by atoms with Crippen molar-refractivity contribution in [3.63, 3.8) is 0 Å². The highest BCUT2D eigenvalue weighted by molar-refractivity contribution is 7.77. The molecule has 0 amide bonds. The van der Waals surface area contributed by atoms with Crippen LogP contribution in [-0.4, -0.2) is 14.7 Å². The standard InChI is InChI=1S/C9H8ClF2NO2S/c10-6-3-1-2-5-4-9(11,12)8(7(5)6)13-16(14)15/h1-3,8,13H,4H2,(H,14,15). The molecule has 0 bridgehead atoms. The zero-order valence-electron chi connectivity index (χ0n) is 7.91. The number of hydrogen-bond acceptors (Lipinski definition) is 1. The van der Waals surface area contributed by atoms with Crippen LogP contribution < -0.4 is 4.72 Å². The molecule has 88 valence electrons. The van der Waals surface area contributed by atoms with Crippen LogP contribution in [0.5, 0.6) is 0 Å². The lowest BCUT2D eigenvalue weighted by Crippen LogP contribution is -2.35. The van der Waals surface area contributed by atoms with E-state index >= 15 is 0 Å². The van der Waals surface area contributed by atoms with Gasteiger partial charge in [0.15, 0.2) is 0 Å². The fourth-order valence-electron chi connectivity index (χ4n) is 1.87. The Labute approximate surface area is 98.2 Å². The SMILES string of the molecule is O=S(O)NC1c2c(Cl)cccc2CC1(F)F. The third-order valence-electron chi connectivity index (χ3n) is 2.50. The first-order valence-electron chi connectivity index (χ1n) is 4.44. The Hall–Kier alpha value is -0.560. The minimum atomic E-state index is -3.11. The van der Waals surface area contributed by atoms with Crippen molar-refractivity contribution in [2.75, 3.05) is 0 Å². The highest BCUT2D eigenvalue weighted by atomic mass is 35.5. The summed E-state index contributed by atoms with van der Waals surface area (Å²) in [5.41, 5.74) is 0.608. The number of hydrogen-bond donors (Lipinski definition) is 2. The average Bonchev–Trinajstić information content (AvgIpc) is 2.38. The van der Waals surface area contributed by atoms with Crippen LogP contribution in [-0.2, 0) is 17.7 Å². The number of benzene rings is 1. The van der Waals surface area contributed by atoms with Gasteiger partial charge in [-0.15, -0.1) is 0 Å². The lowest BCUT2D eigenvalue weighted by atomic mass is 10.1. The summed E-state index contributed by atoms with van der Waals surface area (Å²) in [6.07, 6.45) is -0.474. The number of fused-ring (bicyclic) bond motifs is 1. The number of rotatable bonds is 2. The van der Waals surface area contributed by atoms with Crippen LogP contribution in [0, 0.1) is 0 Å². The average molecular weight is 268 g/mol. The lowest BCUT2D eigenvalue weighted by Gasteiger charge is -2.19. The van der Waals surface area contributed by atoms with Gasteiger partial charge in [0.1, 0.15) is 6.04 Å². The predicted octanol–water partition coefficient (Wildman–Crippen LogP) is 2.30. The van der Waals surface area contributed by atoms with Gasteiger partial charge in [-0.2, -0.15) is 0 Å². The third-order valence-corrected chi connectivity index (χ3v) is 3.27. The van der Waals surface area contributed by atoms with Crippen molar-refractivity contribution in [2.24, 2.45) is 0 Å². The molecule has 1 aromatic rings. The van der Waals surface area contributed by atoms with Crippen molar-refractivity contribution in [2.45, 2.75) is 18.4 Å². The Morgan fingerprint density at radius 3 is 2.88 bits per heavy atom. The summed E-state index contributed by atoms with van der Waals surface area (Å²) in [7, 11) is 0. The summed E-state index contributed by atoms with van der Waals surface area (Å²) in [5.74, 6) is -3.11. The highest BCUT2D eigenvalue weighted by Crippen LogP contribution is 2.45. The molecule has 7 heteroatoms. The van der Waals surface area contributed by atoms with Gasteiger partial charge in [0.2, 0.25) is 11.3 Å². The molecule has 2 unspecified atom stereocenters. The number of alkyl halides is 2. The predicted molar refractivity (Wildman–Crippen MR) is 56.8 cm³/mol. The van der Waals surface area contributed by atoms with Crippen molar-refractivity contribution < 1.29 is 17.5 Å². The summed E-state index contributed by atoms with van der Waals surface area (Å²) in [6, 6.07) is 3.09. The first-order chi connectivity index (χ1) is 7.42. The van der Waals surface area contributed by atoms with Gasteiger partial charge in [-0.05, 0) is 17.2 Å². The summed E-state index contributed by atoms with van der Waals surface area (Å²) >= 11 is 3.32. The minimum absolute atomic E-state index is 0.178. The molecule has 0 saturated heterocycles. The van der Waals surface area contributed by atoms with E-state index in [-0.39, 0.29) is 10.6 Å². The molecule has 0 heterocycles. The van der Waals surface area contributed by atoms with Gasteiger partial charge in [-0.1, -0.05) is 23.7 Å². The Bertz CT molecular complexity index is 455. The summed E-state index contributed by atoms with van der Waals surface area (Å²) in [5, 5.41) is 0.178. The molecule has 1 aliphatic carbocycles. The highest BCUT2D eigenvalue weighted by Gasteiger charge is 2.49. The monoisotopic (exact) mass is 267 g/mol. The van der Waals surface area contributed by atoms with E-state index in [0.29, 0.717) is 5.56 Å². The van der Waals surface area contributed by atoms with E-state index in [2.05, 4.69) is 0 Å². The van der Waals surface area contributed by atoms with E-state index in [1.165, 1.54) is 12.1 Å². The molecular formula is C9H8ClF2NO2S. The maximum absolute atomic E-state index is 13.6. The van der Waals surface area contributed by atoms with Gasteiger partial charge >= 0.3 is 0 Å². The molecule has 0 radical (unpaired) electrons. The molecule has 0 fully saturated rings. The molecular weight excluding hydrogens is 260 g/mol. The first kappa shape index (κ1) is 11.9. The maximum Gasteiger partial charge on any atom is 0.272 e. The molecule has 16 heavy (non-hydrogen) atoms. The van der Waals surface area contributed by atoms with Crippen molar-refractivity contribution in [1.29, 1.82) is 0 Å². The summed E-state index contributed by atoms with van der Waals surface area (Å²) in [6.45, 7) is 0. The van der Waals surface area contributed by atoms with Crippen molar-refractivity contribution in [3.05, 3.63) is 34.3 Å². The second-order valence-corrected chi connectivity index (χ2v) is 4.69. The quantitative estimate of drug-likeness (QED) is 0.808. The van der Waals surface area contributed by atoms with Gasteiger partial charge in [-0.3, -0.25) is 4.55 Å². The van der Waals surface area contributed by atoms with E-state index in [9.17, 15) is 13.0 Å². The summed E-state index contributed by atoms with van der Waals surface area (Å²) in [4.78, 5) is 0. The molecule has 0 spiro atoms. The summed E-state index contributed by atoms with van der Waals surface area (Å²) < 4.78 is 48.3.